The molecule has 2 rings (SSSR count). The molecule has 2 nitrogen and oxygen atoms in total. The van der Waals surface area contributed by atoms with E-state index < -0.39 is 0 Å². The Hall–Kier alpha value is -0.570. The minimum Gasteiger partial charge on any atom is -0.357 e. The number of anilines is 1. The predicted octanol–water partition coefficient (Wildman–Crippen LogP) is 2.58. The zero-order valence-corrected chi connectivity index (χ0v) is 9.13. The van der Waals surface area contributed by atoms with E-state index in [-0.39, 0.29) is 0 Å². The van der Waals surface area contributed by atoms with Gasteiger partial charge in [-0.05, 0) is 25.0 Å². The van der Waals surface area contributed by atoms with Crippen LogP contribution in [-0.4, -0.2) is 18.1 Å². The van der Waals surface area contributed by atoms with Crippen LogP contribution in [0.15, 0.2) is 18.2 Å². The van der Waals surface area contributed by atoms with Gasteiger partial charge in [-0.15, -0.1) is 0 Å². The fraction of sp³-hybridized carbons (Fsp3) is 0.500. The lowest BCUT2D eigenvalue weighted by molar-refractivity contribution is 0.928. The monoisotopic (exact) mass is 240 g/mol. The summed E-state index contributed by atoms with van der Waals surface area (Å²) in [6.45, 7) is 2.33. The Morgan fingerprint density at radius 2 is 2.08 bits per heavy atom. The van der Waals surface area contributed by atoms with Gasteiger partial charge in [0.05, 0.1) is 5.69 Å². The van der Waals surface area contributed by atoms with E-state index in [9.17, 15) is 0 Å². The second-order valence-electron chi connectivity index (χ2n) is 3.31. The van der Waals surface area contributed by atoms with E-state index in [1.54, 1.807) is 0 Å². The number of alkyl halides is 1. The van der Waals surface area contributed by atoms with Crippen molar-refractivity contribution in [2.45, 2.75) is 18.2 Å². The molecule has 70 valence electrons. The summed E-state index contributed by atoms with van der Waals surface area (Å²) in [6.07, 6.45) is 2.61. The quantitative estimate of drug-likeness (QED) is 0.740. The standard InChI is InChI=1S/C10H13BrN2/c11-8-9-4-3-5-10(12-9)13-6-1-2-7-13/h3-5H,1-2,6-8H2. The van der Waals surface area contributed by atoms with Crippen LogP contribution >= 0.6 is 15.9 Å². The smallest absolute Gasteiger partial charge is 0.128 e. The molecule has 3 heteroatoms. The normalized spacial score (nSPS) is 16.5. The predicted molar refractivity (Wildman–Crippen MR) is 58.3 cm³/mol. The van der Waals surface area contributed by atoms with Crippen LogP contribution in [0.25, 0.3) is 0 Å². The molecule has 1 saturated heterocycles. The number of nitrogens with zero attached hydrogens (tertiary/aromatic N) is 2. The van der Waals surface area contributed by atoms with E-state index in [2.05, 4.69) is 37.9 Å². The molecule has 0 spiro atoms. The molecule has 0 atom stereocenters. The summed E-state index contributed by atoms with van der Waals surface area (Å²) >= 11 is 3.42. The molecule has 0 N–H and O–H groups in total. The van der Waals surface area contributed by atoms with Crippen LogP contribution < -0.4 is 4.90 Å². The number of hydrogen-bond acceptors (Lipinski definition) is 2. The first-order valence-corrected chi connectivity index (χ1v) is 5.79. The molecule has 1 aromatic rings. The van der Waals surface area contributed by atoms with Gasteiger partial charge in [0.15, 0.2) is 0 Å². The molecule has 0 aromatic carbocycles. The molecule has 13 heavy (non-hydrogen) atoms. The lowest BCUT2D eigenvalue weighted by Gasteiger charge is -2.16. The van der Waals surface area contributed by atoms with Crippen molar-refractivity contribution in [3.05, 3.63) is 23.9 Å². The maximum Gasteiger partial charge on any atom is 0.128 e. The Morgan fingerprint density at radius 1 is 1.31 bits per heavy atom. The van der Waals surface area contributed by atoms with Crippen molar-refractivity contribution in [1.82, 2.24) is 4.98 Å². The molecule has 0 unspecified atom stereocenters. The van der Waals surface area contributed by atoms with Gasteiger partial charge in [0.25, 0.3) is 0 Å². The second-order valence-corrected chi connectivity index (χ2v) is 3.88. The van der Waals surface area contributed by atoms with Crippen LogP contribution in [0.5, 0.6) is 0 Å². The van der Waals surface area contributed by atoms with Crippen molar-refractivity contribution in [3.63, 3.8) is 0 Å². The highest BCUT2D eigenvalue weighted by Gasteiger charge is 2.12. The summed E-state index contributed by atoms with van der Waals surface area (Å²) in [6, 6.07) is 6.23. The molecule has 0 bridgehead atoms. The van der Waals surface area contributed by atoms with E-state index in [1.807, 2.05) is 6.07 Å². The van der Waals surface area contributed by atoms with Crippen molar-refractivity contribution in [3.8, 4) is 0 Å². The topological polar surface area (TPSA) is 16.1 Å². The first-order valence-electron chi connectivity index (χ1n) is 4.67. The Morgan fingerprint density at radius 3 is 2.77 bits per heavy atom. The van der Waals surface area contributed by atoms with Gasteiger partial charge in [0.1, 0.15) is 5.82 Å². The van der Waals surface area contributed by atoms with E-state index >= 15 is 0 Å². The first kappa shape index (κ1) is 9.00. The molecule has 1 fully saturated rings. The lowest BCUT2D eigenvalue weighted by Crippen LogP contribution is -2.19. The van der Waals surface area contributed by atoms with Crippen molar-refractivity contribution >= 4 is 21.7 Å². The van der Waals surface area contributed by atoms with Crippen LogP contribution in [0.2, 0.25) is 0 Å². The van der Waals surface area contributed by atoms with Crippen LogP contribution in [-0.2, 0) is 5.33 Å². The SMILES string of the molecule is BrCc1cccc(N2CCCC2)n1. The molecule has 1 aliphatic heterocycles. The van der Waals surface area contributed by atoms with Crippen LogP contribution in [0.4, 0.5) is 5.82 Å². The lowest BCUT2D eigenvalue weighted by atomic mass is 10.3. The molecule has 1 aromatic heterocycles. The Bertz CT molecular complexity index is 282. The fourth-order valence-electron chi connectivity index (χ4n) is 1.66. The van der Waals surface area contributed by atoms with Crippen LogP contribution in [0.1, 0.15) is 18.5 Å². The summed E-state index contributed by atoms with van der Waals surface area (Å²) in [5.74, 6) is 1.13. The van der Waals surface area contributed by atoms with E-state index in [0.717, 1.165) is 16.8 Å². The van der Waals surface area contributed by atoms with Crippen LogP contribution in [0, 0.1) is 0 Å². The summed E-state index contributed by atoms with van der Waals surface area (Å²) in [5, 5.41) is 0.842. The summed E-state index contributed by atoms with van der Waals surface area (Å²) in [4.78, 5) is 6.91. The van der Waals surface area contributed by atoms with Gasteiger partial charge in [0.2, 0.25) is 0 Å². The molecule has 0 saturated carbocycles. The maximum absolute atomic E-state index is 4.55. The third-order valence-electron chi connectivity index (χ3n) is 2.36. The number of halogens is 1. The number of pyridine rings is 1. The van der Waals surface area contributed by atoms with Gasteiger partial charge in [-0.2, -0.15) is 0 Å². The van der Waals surface area contributed by atoms with Gasteiger partial charge in [-0.1, -0.05) is 22.0 Å². The Labute approximate surface area is 87.1 Å². The maximum atomic E-state index is 4.55. The summed E-state index contributed by atoms with van der Waals surface area (Å²) < 4.78 is 0. The van der Waals surface area contributed by atoms with Gasteiger partial charge in [-0.3, -0.25) is 0 Å². The third kappa shape index (κ3) is 2.02. The summed E-state index contributed by atoms with van der Waals surface area (Å²) in [5.41, 5.74) is 1.12. The highest BCUT2D eigenvalue weighted by Crippen LogP contribution is 2.18. The molecular weight excluding hydrogens is 228 g/mol. The third-order valence-corrected chi connectivity index (χ3v) is 2.93. The molecule has 2 heterocycles. The van der Waals surface area contributed by atoms with E-state index in [0.29, 0.717) is 0 Å². The van der Waals surface area contributed by atoms with Crippen molar-refractivity contribution < 1.29 is 0 Å². The minimum absolute atomic E-state index is 0.842. The highest BCUT2D eigenvalue weighted by atomic mass is 79.9. The molecular formula is C10H13BrN2. The number of hydrogen-bond donors (Lipinski definition) is 0. The van der Waals surface area contributed by atoms with Crippen molar-refractivity contribution in [1.29, 1.82) is 0 Å². The number of rotatable bonds is 2. The first-order chi connectivity index (χ1) is 6.40. The zero-order chi connectivity index (χ0) is 9.10. The average Bonchev–Trinajstić information content (AvgIpc) is 2.71. The Kier molecular flexibility index (Phi) is 2.83. The zero-order valence-electron chi connectivity index (χ0n) is 7.54. The minimum atomic E-state index is 0.842. The Balaban J connectivity index is 2.18. The van der Waals surface area contributed by atoms with Gasteiger partial charge in [-0.25, -0.2) is 4.98 Å². The molecule has 0 aliphatic carbocycles. The van der Waals surface area contributed by atoms with E-state index in [1.165, 1.54) is 25.9 Å². The fourth-order valence-corrected chi connectivity index (χ4v) is 1.98. The van der Waals surface area contributed by atoms with E-state index in [4.69, 9.17) is 0 Å². The van der Waals surface area contributed by atoms with Crippen LogP contribution in [0.3, 0.4) is 0 Å². The molecule has 0 amide bonds. The summed E-state index contributed by atoms with van der Waals surface area (Å²) in [7, 11) is 0. The van der Waals surface area contributed by atoms with Gasteiger partial charge in [0, 0.05) is 18.4 Å². The number of aromatic nitrogens is 1. The van der Waals surface area contributed by atoms with Gasteiger partial charge < -0.3 is 4.90 Å². The van der Waals surface area contributed by atoms with Crippen molar-refractivity contribution in [2.24, 2.45) is 0 Å². The molecule has 0 radical (unpaired) electrons. The largest absolute Gasteiger partial charge is 0.357 e. The molecule has 1 aliphatic rings. The highest BCUT2D eigenvalue weighted by molar-refractivity contribution is 9.08. The van der Waals surface area contributed by atoms with Gasteiger partial charge >= 0.3 is 0 Å². The van der Waals surface area contributed by atoms with Crippen molar-refractivity contribution in [2.75, 3.05) is 18.0 Å². The average molecular weight is 241 g/mol. The second kappa shape index (κ2) is 4.09.